The van der Waals surface area contributed by atoms with Gasteiger partial charge in [-0.3, -0.25) is 9.59 Å². The molecule has 1 amide bonds. The first-order valence-electron chi connectivity index (χ1n) is 4.68. The fourth-order valence-electron chi connectivity index (χ4n) is 1.17. The summed E-state index contributed by atoms with van der Waals surface area (Å²) >= 11 is 1.39. The molecule has 1 aromatic rings. The molecule has 15 heavy (non-hydrogen) atoms. The average Bonchev–Trinajstić information content (AvgIpc) is 2.25. The standard InChI is InChI=1S/C11H13NO2S/c1-2-10(11(12)14)15-9-5-3-4-8(6-9)7-13/h3-7,10H,2H2,1H3,(H2,12,14). The normalized spacial score (nSPS) is 12.1. The van der Waals surface area contributed by atoms with E-state index >= 15 is 0 Å². The third-order valence-electron chi connectivity index (χ3n) is 1.96. The fourth-order valence-corrected chi connectivity index (χ4v) is 2.14. The maximum atomic E-state index is 11.0. The van der Waals surface area contributed by atoms with Crippen LogP contribution in [0, 0.1) is 0 Å². The summed E-state index contributed by atoms with van der Waals surface area (Å²) in [5.74, 6) is -0.320. The van der Waals surface area contributed by atoms with Crippen LogP contribution in [0.5, 0.6) is 0 Å². The van der Waals surface area contributed by atoms with Gasteiger partial charge in [0, 0.05) is 10.5 Å². The molecule has 1 atom stereocenters. The molecule has 0 bridgehead atoms. The molecule has 0 aliphatic rings. The number of carbonyl (C=O) groups is 2. The van der Waals surface area contributed by atoms with Gasteiger partial charge in [-0.2, -0.15) is 0 Å². The molecular weight excluding hydrogens is 210 g/mol. The van der Waals surface area contributed by atoms with Gasteiger partial charge >= 0.3 is 0 Å². The fraction of sp³-hybridized carbons (Fsp3) is 0.273. The summed E-state index contributed by atoms with van der Waals surface area (Å²) in [5.41, 5.74) is 5.85. The number of rotatable bonds is 5. The van der Waals surface area contributed by atoms with E-state index in [1.807, 2.05) is 13.0 Å². The highest BCUT2D eigenvalue weighted by Crippen LogP contribution is 2.25. The maximum absolute atomic E-state index is 11.0. The predicted molar refractivity (Wildman–Crippen MR) is 61.0 cm³/mol. The quantitative estimate of drug-likeness (QED) is 0.612. The van der Waals surface area contributed by atoms with Crippen LogP contribution in [0.15, 0.2) is 29.2 Å². The highest BCUT2D eigenvalue weighted by molar-refractivity contribution is 8.00. The van der Waals surface area contributed by atoms with Crippen molar-refractivity contribution in [3.05, 3.63) is 29.8 Å². The molecule has 0 aliphatic heterocycles. The van der Waals surface area contributed by atoms with Crippen molar-refractivity contribution in [1.29, 1.82) is 0 Å². The molecule has 80 valence electrons. The van der Waals surface area contributed by atoms with Gasteiger partial charge in [-0.25, -0.2) is 0 Å². The molecule has 0 radical (unpaired) electrons. The number of thioether (sulfide) groups is 1. The van der Waals surface area contributed by atoms with Crippen LogP contribution < -0.4 is 5.73 Å². The SMILES string of the molecule is CCC(Sc1cccc(C=O)c1)C(N)=O. The zero-order valence-electron chi connectivity index (χ0n) is 8.47. The number of amides is 1. The molecule has 0 saturated carbocycles. The smallest absolute Gasteiger partial charge is 0.230 e. The van der Waals surface area contributed by atoms with E-state index in [0.29, 0.717) is 12.0 Å². The van der Waals surface area contributed by atoms with Crippen molar-refractivity contribution in [1.82, 2.24) is 0 Å². The van der Waals surface area contributed by atoms with Crippen LogP contribution in [0.25, 0.3) is 0 Å². The van der Waals surface area contributed by atoms with E-state index in [0.717, 1.165) is 11.2 Å². The highest BCUT2D eigenvalue weighted by atomic mass is 32.2. The van der Waals surface area contributed by atoms with Crippen LogP contribution in [0.2, 0.25) is 0 Å². The van der Waals surface area contributed by atoms with Crippen LogP contribution in [0.3, 0.4) is 0 Å². The molecule has 3 nitrogen and oxygen atoms in total. The summed E-state index contributed by atoms with van der Waals surface area (Å²) in [7, 11) is 0. The average molecular weight is 223 g/mol. The lowest BCUT2D eigenvalue weighted by Crippen LogP contribution is -2.24. The summed E-state index contributed by atoms with van der Waals surface area (Å²) in [6.07, 6.45) is 1.47. The third kappa shape index (κ3) is 3.40. The van der Waals surface area contributed by atoms with Crippen molar-refractivity contribution >= 4 is 24.0 Å². The lowest BCUT2D eigenvalue weighted by Gasteiger charge is -2.10. The van der Waals surface area contributed by atoms with E-state index in [1.165, 1.54) is 11.8 Å². The monoisotopic (exact) mass is 223 g/mol. The van der Waals surface area contributed by atoms with E-state index in [4.69, 9.17) is 5.73 Å². The first kappa shape index (κ1) is 11.8. The lowest BCUT2D eigenvalue weighted by atomic mass is 10.2. The second-order valence-electron chi connectivity index (χ2n) is 3.11. The molecule has 0 aliphatic carbocycles. The number of hydrogen-bond donors (Lipinski definition) is 1. The Hall–Kier alpha value is -1.29. The minimum atomic E-state index is -0.320. The Bertz CT molecular complexity index is 365. The van der Waals surface area contributed by atoms with E-state index in [2.05, 4.69) is 0 Å². The topological polar surface area (TPSA) is 60.2 Å². The Morgan fingerprint density at radius 1 is 1.60 bits per heavy atom. The Morgan fingerprint density at radius 3 is 2.87 bits per heavy atom. The van der Waals surface area contributed by atoms with E-state index in [1.54, 1.807) is 18.2 Å². The molecule has 0 aromatic heterocycles. The maximum Gasteiger partial charge on any atom is 0.230 e. The van der Waals surface area contributed by atoms with Crippen molar-refractivity contribution in [2.24, 2.45) is 5.73 Å². The van der Waals surface area contributed by atoms with Gasteiger partial charge in [0.1, 0.15) is 6.29 Å². The van der Waals surface area contributed by atoms with Crippen molar-refractivity contribution < 1.29 is 9.59 Å². The van der Waals surface area contributed by atoms with Gasteiger partial charge in [-0.1, -0.05) is 19.1 Å². The van der Waals surface area contributed by atoms with Crippen molar-refractivity contribution in [2.45, 2.75) is 23.5 Å². The molecule has 1 aromatic carbocycles. The summed E-state index contributed by atoms with van der Waals surface area (Å²) < 4.78 is 0. The van der Waals surface area contributed by atoms with Gasteiger partial charge in [-0.05, 0) is 18.6 Å². The molecule has 1 rings (SSSR count). The van der Waals surface area contributed by atoms with Gasteiger partial charge in [0.2, 0.25) is 5.91 Å². The second-order valence-corrected chi connectivity index (χ2v) is 4.38. The van der Waals surface area contributed by atoms with Gasteiger partial charge < -0.3 is 5.73 Å². The van der Waals surface area contributed by atoms with E-state index < -0.39 is 0 Å². The predicted octanol–water partition coefficient (Wildman–Crippen LogP) is 1.86. The molecule has 4 heteroatoms. The second kappa shape index (κ2) is 5.56. The summed E-state index contributed by atoms with van der Waals surface area (Å²) in [5, 5.41) is -0.230. The van der Waals surface area contributed by atoms with Crippen LogP contribution >= 0.6 is 11.8 Å². The van der Waals surface area contributed by atoms with Crippen molar-refractivity contribution in [2.75, 3.05) is 0 Å². The molecule has 0 fully saturated rings. The zero-order valence-corrected chi connectivity index (χ0v) is 9.29. The van der Waals surface area contributed by atoms with Crippen LogP contribution in [0.1, 0.15) is 23.7 Å². The number of hydrogen-bond acceptors (Lipinski definition) is 3. The minimum absolute atomic E-state index is 0.230. The zero-order chi connectivity index (χ0) is 11.3. The number of carbonyl (C=O) groups excluding carboxylic acids is 2. The minimum Gasteiger partial charge on any atom is -0.369 e. The summed E-state index contributed by atoms with van der Waals surface area (Å²) in [6, 6.07) is 7.13. The number of benzene rings is 1. The Kier molecular flexibility index (Phi) is 4.37. The molecule has 0 heterocycles. The Balaban J connectivity index is 2.78. The van der Waals surface area contributed by atoms with Crippen LogP contribution in [-0.4, -0.2) is 17.4 Å². The van der Waals surface area contributed by atoms with E-state index in [9.17, 15) is 9.59 Å². The third-order valence-corrected chi connectivity index (χ3v) is 3.34. The lowest BCUT2D eigenvalue weighted by molar-refractivity contribution is -0.117. The first-order chi connectivity index (χ1) is 7.17. The number of nitrogens with two attached hydrogens (primary N) is 1. The molecule has 1 unspecified atom stereocenters. The van der Waals surface area contributed by atoms with Crippen LogP contribution in [-0.2, 0) is 4.79 Å². The molecular formula is C11H13NO2S. The largest absolute Gasteiger partial charge is 0.369 e. The summed E-state index contributed by atoms with van der Waals surface area (Å²) in [4.78, 5) is 22.5. The van der Waals surface area contributed by atoms with Crippen LogP contribution in [0.4, 0.5) is 0 Å². The molecule has 0 spiro atoms. The van der Waals surface area contributed by atoms with Crippen molar-refractivity contribution in [3.63, 3.8) is 0 Å². The number of primary amides is 1. The number of aldehydes is 1. The first-order valence-corrected chi connectivity index (χ1v) is 5.56. The van der Waals surface area contributed by atoms with E-state index in [-0.39, 0.29) is 11.2 Å². The van der Waals surface area contributed by atoms with Crippen molar-refractivity contribution in [3.8, 4) is 0 Å². The van der Waals surface area contributed by atoms with Gasteiger partial charge in [0.15, 0.2) is 0 Å². The molecule has 0 saturated heterocycles. The Morgan fingerprint density at radius 2 is 2.33 bits per heavy atom. The van der Waals surface area contributed by atoms with Gasteiger partial charge in [-0.15, -0.1) is 11.8 Å². The summed E-state index contributed by atoms with van der Waals surface area (Å²) in [6.45, 7) is 1.91. The Labute approximate surface area is 93.0 Å². The van der Waals surface area contributed by atoms with Gasteiger partial charge in [0.25, 0.3) is 0 Å². The van der Waals surface area contributed by atoms with Gasteiger partial charge in [0.05, 0.1) is 5.25 Å². The highest BCUT2D eigenvalue weighted by Gasteiger charge is 2.14. The molecule has 2 N–H and O–H groups in total.